The number of H-pyrrole nitrogens is 1. The van der Waals surface area contributed by atoms with E-state index in [0.29, 0.717) is 5.69 Å². The lowest BCUT2D eigenvalue weighted by Gasteiger charge is -2.03. The number of ether oxygens (including phenoxy) is 1. The molecule has 12 heteroatoms. The number of fused-ring (bicyclic) bond motifs is 1. The number of aromatic nitrogens is 6. The number of aromatic amines is 1. The van der Waals surface area contributed by atoms with E-state index in [1.165, 1.54) is 18.0 Å². The molecule has 0 aliphatic carbocycles. The van der Waals surface area contributed by atoms with Crippen LogP contribution in [0.4, 0.5) is 5.82 Å². The van der Waals surface area contributed by atoms with Gasteiger partial charge in [0.1, 0.15) is 5.69 Å². The van der Waals surface area contributed by atoms with Crippen LogP contribution in [-0.2, 0) is 11.3 Å². The van der Waals surface area contributed by atoms with Gasteiger partial charge in [0.25, 0.3) is 5.91 Å². The summed E-state index contributed by atoms with van der Waals surface area (Å²) in [5, 5.41) is 19.9. The molecule has 0 fully saturated rings. The molecule has 3 aromatic heterocycles. The van der Waals surface area contributed by atoms with Crippen LogP contribution in [0.25, 0.3) is 16.7 Å². The summed E-state index contributed by atoms with van der Waals surface area (Å²) in [6, 6.07) is 7.75. The van der Waals surface area contributed by atoms with E-state index in [1.54, 1.807) is 6.20 Å². The normalized spacial score (nSPS) is 11.5. The number of para-hydroxylation sites is 1. The predicted molar refractivity (Wildman–Crippen MR) is 97.7 cm³/mol. The second-order valence-electron chi connectivity index (χ2n) is 5.69. The second kappa shape index (κ2) is 7.28. The summed E-state index contributed by atoms with van der Waals surface area (Å²) in [6.07, 6.45) is 3.34. The number of nitrogen functional groups attached to an aromatic ring is 1. The number of hydrogen-bond acceptors (Lipinski definition) is 9. The lowest BCUT2D eigenvalue weighted by atomic mass is 10.2. The first-order valence-corrected chi connectivity index (χ1v) is 8.10. The molecule has 28 heavy (non-hydrogen) atoms. The van der Waals surface area contributed by atoms with E-state index >= 15 is 0 Å². The Bertz CT molecular complexity index is 1160. The van der Waals surface area contributed by atoms with Crippen molar-refractivity contribution < 1.29 is 14.2 Å². The Morgan fingerprint density at radius 2 is 2.29 bits per heavy atom. The molecule has 0 spiro atoms. The van der Waals surface area contributed by atoms with Crippen molar-refractivity contribution >= 4 is 28.8 Å². The summed E-state index contributed by atoms with van der Waals surface area (Å²) in [5.74, 6) is -0.447. The molecule has 142 valence electrons. The van der Waals surface area contributed by atoms with Gasteiger partial charge >= 0.3 is 0 Å². The van der Waals surface area contributed by atoms with Crippen LogP contribution in [0.2, 0.25) is 0 Å². The molecule has 0 aliphatic heterocycles. The molecule has 0 aliphatic rings. The van der Waals surface area contributed by atoms with E-state index in [2.05, 4.69) is 40.8 Å². The quantitative estimate of drug-likeness (QED) is 0.323. The van der Waals surface area contributed by atoms with Gasteiger partial charge in [-0.2, -0.15) is 9.78 Å². The number of carbonyl (C=O) groups is 1. The van der Waals surface area contributed by atoms with Crippen molar-refractivity contribution in [2.24, 2.45) is 5.10 Å². The SMILES string of the molecule is COCc1c(C(=O)N/N=C/c2c[nH]c3ccccc23)nnn1-c1nonc1N. The van der Waals surface area contributed by atoms with E-state index in [0.717, 1.165) is 16.5 Å². The fourth-order valence-electron chi connectivity index (χ4n) is 2.67. The third-order valence-electron chi connectivity index (χ3n) is 3.95. The van der Waals surface area contributed by atoms with Crippen molar-refractivity contribution in [3.63, 3.8) is 0 Å². The van der Waals surface area contributed by atoms with E-state index < -0.39 is 5.91 Å². The van der Waals surface area contributed by atoms with E-state index in [9.17, 15) is 4.79 Å². The number of nitrogens with zero attached hydrogens (tertiary/aromatic N) is 6. The minimum absolute atomic E-state index is 0.00608. The van der Waals surface area contributed by atoms with Crippen LogP contribution < -0.4 is 11.2 Å². The number of carbonyl (C=O) groups excluding carboxylic acids is 1. The summed E-state index contributed by atoms with van der Waals surface area (Å²) in [7, 11) is 1.47. The first kappa shape index (κ1) is 17.4. The average molecular weight is 381 g/mol. The molecule has 1 aromatic carbocycles. The molecule has 0 atom stereocenters. The highest BCUT2D eigenvalue weighted by Crippen LogP contribution is 2.17. The molecule has 0 unspecified atom stereocenters. The first-order chi connectivity index (χ1) is 13.7. The lowest BCUT2D eigenvalue weighted by Crippen LogP contribution is -2.20. The van der Waals surface area contributed by atoms with Gasteiger partial charge in [-0.05, 0) is 16.4 Å². The summed E-state index contributed by atoms with van der Waals surface area (Å²) >= 11 is 0. The maximum atomic E-state index is 12.5. The summed E-state index contributed by atoms with van der Waals surface area (Å²) in [5.41, 5.74) is 10.2. The van der Waals surface area contributed by atoms with Crippen LogP contribution >= 0.6 is 0 Å². The molecule has 4 N–H and O–H groups in total. The van der Waals surface area contributed by atoms with Gasteiger partial charge in [0.05, 0.1) is 12.8 Å². The second-order valence-corrected chi connectivity index (χ2v) is 5.69. The number of hydrogen-bond donors (Lipinski definition) is 3. The molecule has 12 nitrogen and oxygen atoms in total. The Balaban J connectivity index is 1.56. The van der Waals surface area contributed by atoms with Gasteiger partial charge in [0.2, 0.25) is 11.6 Å². The Labute approximate surface area is 157 Å². The molecular weight excluding hydrogens is 366 g/mol. The number of amides is 1. The van der Waals surface area contributed by atoms with Crippen LogP contribution in [0.15, 0.2) is 40.2 Å². The van der Waals surface area contributed by atoms with E-state index in [1.807, 2.05) is 24.3 Å². The molecule has 1 amide bonds. The van der Waals surface area contributed by atoms with Gasteiger partial charge < -0.3 is 15.5 Å². The minimum Gasteiger partial charge on any atom is -0.378 e. The van der Waals surface area contributed by atoms with Crippen molar-refractivity contribution in [3.05, 3.63) is 47.4 Å². The third kappa shape index (κ3) is 3.07. The van der Waals surface area contributed by atoms with Crippen LogP contribution in [-0.4, -0.2) is 49.5 Å². The number of anilines is 1. The zero-order valence-electron chi connectivity index (χ0n) is 14.7. The zero-order chi connectivity index (χ0) is 19.5. The van der Waals surface area contributed by atoms with Crippen molar-refractivity contribution in [1.29, 1.82) is 0 Å². The van der Waals surface area contributed by atoms with Crippen molar-refractivity contribution in [1.82, 2.24) is 35.7 Å². The number of hydrazone groups is 1. The molecule has 3 heterocycles. The van der Waals surface area contributed by atoms with Crippen LogP contribution in [0.3, 0.4) is 0 Å². The Kier molecular flexibility index (Phi) is 4.51. The molecule has 4 aromatic rings. The predicted octanol–water partition coefficient (Wildman–Crippen LogP) is 0.624. The standard InChI is InChI=1S/C16H15N9O3/c1-27-8-12-13(20-24-25(12)15-14(17)22-28-23-15)16(26)21-19-7-9-6-18-11-5-3-2-4-10(9)11/h2-7,18H,8H2,1H3,(H2,17,22)(H,21,26)/b19-7+. The van der Waals surface area contributed by atoms with Gasteiger partial charge in [-0.3, -0.25) is 4.79 Å². The Hall–Kier alpha value is -4.06. The fourth-order valence-corrected chi connectivity index (χ4v) is 2.67. The summed E-state index contributed by atoms with van der Waals surface area (Å²) in [4.78, 5) is 15.6. The molecule has 0 radical (unpaired) electrons. The number of nitrogens with one attached hydrogen (secondary N) is 2. The molecule has 0 saturated heterocycles. The van der Waals surface area contributed by atoms with Gasteiger partial charge in [0.15, 0.2) is 5.69 Å². The van der Waals surface area contributed by atoms with E-state index in [4.69, 9.17) is 10.5 Å². The van der Waals surface area contributed by atoms with Crippen LogP contribution in [0, 0.1) is 0 Å². The Morgan fingerprint density at radius 3 is 3.07 bits per heavy atom. The number of benzene rings is 1. The molecular formula is C16H15N9O3. The van der Waals surface area contributed by atoms with Crippen molar-refractivity contribution in [3.8, 4) is 5.82 Å². The molecule has 0 bridgehead atoms. The molecule has 4 rings (SSSR count). The lowest BCUT2D eigenvalue weighted by molar-refractivity contribution is 0.0944. The zero-order valence-corrected chi connectivity index (χ0v) is 14.7. The van der Waals surface area contributed by atoms with Crippen molar-refractivity contribution in [2.45, 2.75) is 6.61 Å². The summed E-state index contributed by atoms with van der Waals surface area (Å²) < 4.78 is 10.9. The van der Waals surface area contributed by atoms with Gasteiger partial charge in [-0.1, -0.05) is 23.4 Å². The van der Waals surface area contributed by atoms with Crippen LogP contribution in [0.1, 0.15) is 21.7 Å². The minimum atomic E-state index is -0.565. The number of methoxy groups -OCH3 is 1. The highest BCUT2D eigenvalue weighted by Gasteiger charge is 2.23. The first-order valence-electron chi connectivity index (χ1n) is 8.10. The van der Waals surface area contributed by atoms with Gasteiger partial charge in [-0.15, -0.1) is 5.10 Å². The number of rotatable bonds is 6. The Morgan fingerprint density at radius 1 is 1.43 bits per heavy atom. The monoisotopic (exact) mass is 381 g/mol. The largest absolute Gasteiger partial charge is 0.378 e. The van der Waals surface area contributed by atoms with Gasteiger partial charge in [0, 0.05) is 29.8 Å². The van der Waals surface area contributed by atoms with E-state index in [-0.39, 0.29) is 23.9 Å². The summed E-state index contributed by atoms with van der Waals surface area (Å²) in [6.45, 7) is 0.0359. The maximum Gasteiger partial charge on any atom is 0.293 e. The third-order valence-corrected chi connectivity index (χ3v) is 3.95. The molecule has 0 saturated carbocycles. The highest BCUT2D eigenvalue weighted by molar-refractivity contribution is 6.00. The fraction of sp³-hybridized carbons (Fsp3) is 0.125. The van der Waals surface area contributed by atoms with Crippen molar-refractivity contribution in [2.75, 3.05) is 12.8 Å². The topological polar surface area (TPSA) is 162 Å². The number of nitrogens with two attached hydrogens (primary N) is 1. The maximum absolute atomic E-state index is 12.5. The average Bonchev–Trinajstić information content (AvgIpc) is 3.41. The van der Waals surface area contributed by atoms with Gasteiger partial charge in [-0.25, -0.2) is 10.1 Å². The smallest absolute Gasteiger partial charge is 0.293 e. The highest BCUT2D eigenvalue weighted by atomic mass is 16.6. The van der Waals surface area contributed by atoms with Crippen LogP contribution in [0.5, 0.6) is 0 Å².